The first-order valence-corrected chi connectivity index (χ1v) is 6.71. The van der Waals surface area contributed by atoms with Crippen LogP contribution in [0.5, 0.6) is 0 Å². The molecule has 0 N–H and O–H groups in total. The predicted octanol–water partition coefficient (Wildman–Crippen LogP) is 3.75. The van der Waals surface area contributed by atoms with Crippen LogP contribution >= 0.6 is 11.8 Å². The molecule has 0 unspecified atom stereocenters. The Bertz CT molecular complexity index is 452. The molecule has 0 aliphatic carbocycles. The van der Waals surface area contributed by atoms with Gasteiger partial charge in [-0.15, -0.1) is 0 Å². The molecule has 3 heteroatoms. The van der Waals surface area contributed by atoms with Gasteiger partial charge in [-0.05, 0) is 48.2 Å². The van der Waals surface area contributed by atoms with Crippen molar-refractivity contribution < 1.29 is 0 Å². The van der Waals surface area contributed by atoms with Gasteiger partial charge in [-0.3, -0.25) is 0 Å². The third-order valence-corrected chi connectivity index (χ3v) is 3.49. The van der Waals surface area contributed by atoms with Crippen LogP contribution in [0.3, 0.4) is 0 Å². The second-order valence-corrected chi connectivity index (χ2v) is 4.85. The summed E-state index contributed by atoms with van der Waals surface area (Å²) in [4.78, 5) is 8.72. The third-order valence-electron chi connectivity index (χ3n) is 2.62. The van der Waals surface area contributed by atoms with Crippen molar-refractivity contribution in [2.45, 2.75) is 36.7 Å². The zero-order valence-electron chi connectivity index (χ0n) is 10.2. The molecule has 0 saturated heterocycles. The van der Waals surface area contributed by atoms with E-state index in [1.165, 1.54) is 11.1 Å². The fourth-order valence-corrected chi connectivity index (χ4v) is 2.42. The van der Waals surface area contributed by atoms with Crippen LogP contribution in [0.2, 0.25) is 0 Å². The molecular formula is C14H16N2S. The molecule has 0 aromatic carbocycles. The number of nitrogens with zero attached hydrogens (tertiary/aromatic N) is 2. The smallest absolute Gasteiger partial charge is 0.102 e. The first-order chi connectivity index (χ1) is 8.31. The van der Waals surface area contributed by atoms with Crippen LogP contribution in [0, 0.1) is 0 Å². The largest absolute Gasteiger partial charge is 0.250 e. The molecule has 0 fully saturated rings. The number of rotatable bonds is 4. The van der Waals surface area contributed by atoms with Crippen LogP contribution < -0.4 is 0 Å². The quantitative estimate of drug-likeness (QED) is 0.819. The minimum atomic E-state index is 1.02. The number of hydrogen-bond acceptors (Lipinski definition) is 3. The van der Waals surface area contributed by atoms with Gasteiger partial charge in [-0.1, -0.05) is 25.6 Å². The number of hydrogen-bond donors (Lipinski definition) is 0. The van der Waals surface area contributed by atoms with E-state index in [0.717, 1.165) is 22.9 Å². The van der Waals surface area contributed by atoms with Gasteiger partial charge in [0, 0.05) is 12.4 Å². The van der Waals surface area contributed by atoms with Crippen molar-refractivity contribution in [2.75, 3.05) is 0 Å². The molecule has 2 aromatic rings. The van der Waals surface area contributed by atoms with Gasteiger partial charge < -0.3 is 0 Å². The van der Waals surface area contributed by atoms with E-state index in [-0.39, 0.29) is 0 Å². The molecule has 0 spiro atoms. The lowest BCUT2D eigenvalue weighted by Gasteiger charge is -2.03. The number of pyridine rings is 2. The molecule has 17 heavy (non-hydrogen) atoms. The lowest BCUT2D eigenvalue weighted by atomic mass is 10.2. The van der Waals surface area contributed by atoms with Crippen molar-refractivity contribution in [3.63, 3.8) is 0 Å². The summed E-state index contributed by atoms with van der Waals surface area (Å²) >= 11 is 1.62. The van der Waals surface area contributed by atoms with Gasteiger partial charge in [0.25, 0.3) is 0 Å². The zero-order chi connectivity index (χ0) is 12.1. The SMILES string of the molecule is CCc1ccnc(Sc2cc(CC)ccn2)c1. The predicted molar refractivity (Wildman–Crippen MR) is 71.4 cm³/mol. The molecule has 0 atom stereocenters. The molecule has 0 aliphatic rings. The highest BCUT2D eigenvalue weighted by molar-refractivity contribution is 7.99. The maximum Gasteiger partial charge on any atom is 0.102 e. The molecule has 0 radical (unpaired) electrons. The third kappa shape index (κ3) is 3.30. The van der Waals surface area contributed by atoms with E-state index < -0.39 is 0 Å². The lowest BCUT2D eigenvalue weighted by Crippen LogP contribution is -1.87. The summed E-state index contributed by atoms with van der Waals surface area (Å²) in [6.07, 6.45) is 5.81. The van der Waals surface area contributed by atoms with Crippen molar-refractivity contribution >= 4 is 11.8 Å². The molecule has 2 heterocycles. The van der Waals surface area contributed by atoms with Gasteiger partial charge in [0.15, 0.2) is 0 Å². The second kappa shape index (κ2) is 5.82. The van der Waals surface area contributed by atoms with Crippen molar-refractivity contribution in [3.8, 4) is 0 Å². The van der Waals surface area contributed by atoms with Crippen LogP contribution in [0.4, 0.5) is 0 Å². The molecule has 0 amide bonds. The summed E-state index contributed by atoms with van der Waals surface area (Å²) in [5.74, 6) is 0. The Hall–Kier alpha value is -1.35. The van der Waals surface area contributed by atoms with Crippen molar-refractivity contribution in [1.82, 2.24) is 9.97 Å². The summed E-state index contributed by atoms with van der Waals surface area (Å²) in [5, 5.41) is 2.04. The lowest BCUT2D eigenvalue weighted by molar-refractivity contribution is 1.03. The van der Waals surface area contributed by atoms with E-state index in [1.54, 1.807) is 11.8 Å². The van der Waals surface area contributed by atoms with Crippen LogP contribution in [-0.4, -0.2) is 9.97 Å². The Morgan fingerprint density at radius 1 is 0.882 bits per heavy atom. The van der Waals surface area contributed by atoms with Gasteiger partial charge in [-0.25, -0.2) is 9.97 Å². The summed E-state index contributed by atoms with van der Waals surface area (Å²) in [6.45, 7) is 4.31. The highest BCUT2D eigenvalue weighted by Crippen LogP contribution is 2.25. The molecule has 2 nitrogen and oxygen atoms in total. The van der Waals surface area contributed by atoms with Gasteiger partial charge in [-0.2, -0.15) is 0 Å². The van der Waals surface area contributed by atoms with Crippen LogP contribution in [-0.2, 0) is 12.8 Å². The molecule has 2 rings (SSSR count). The van der Waals surface area contributed by atoms with Gasteiger partial charge in [0.05, 0.1) is 0 Å². The van der Waals surface area contributed by atoms with E-state index in [9.17, 15) is 0 Å². The molecule has 0 saturated carbocycles. The van der Waals surface area contributed by atoms with Crippen LogP contribution in [0.15, 0.2) is 46.7 Å². The summed E-state index contributed by atoms with van der Waals surface area (Å²) in [7, 11) is 0. The van der Waals surface area contributed by atoms with Crippen molar-refractivity contribution in [3.05, 3.63) is 47.8 Å². The first-order valence-electron chi connectivity index (χ1n) is 5.89. The van der Waals surface area contributed by atoms with Gasteiger partial charge in [0.2, 0.25) is 0 Å². The fourth-order valence-electron chi connectivity index (χ4n) is 1.56. The Labute approximate surface area is 107 Å². The minimum absolute atomic E-state index is 1.02. The molecule has 0 bridgehead atoms. The standard InChI is InChI=1S/C14H16N2S/c1-3-11-5-7-15-13(9-11)17-14-10-12(4-2)6-8-16-14/h5-10H,3-4H2,1-2H3. The van der Waals surface area contributed by atoms with E-state index in [0.29, 0.717) is 0 Å². The van der Waals surface area contributed by atoms with Crippen molar-refractivity contribution in [2.24, 2.45) is 0 Å². The highest BCUT2D eigenvalue weighted by Gasteiger charge is 2.01. The van der Waals surface area contributed by atoms with Crippen LogP contribution in [0.25, 0.3) is 0 Å². The summed E-state index contributed by atoms with van der Waals surface area (Å²) in [6, 6.07) is 8.37. The molecule has 2 aromatic heterocycles. The maximum absolute atomic E-state index is 4.36. The molecular weight excluding hydrogens is 228 g/mol. The van der Waals surface area contributed by atoms with E-state index in [2.05, 4.69) is 48.1 Å². The second-order valence-electron chi connectivity index (χ2n) is 3.81. The fraction of sp³-hybridized carbons (Fsp3) is 0.286. The Balaban J connectivity index is 2.18. The van der Waals surface area contributed by atoms with E-state index >= 15 is 0 Å². The maximum atomic E-state index is 4.36. The Morgan fingerprint density at radius 2 is 1.35 bits per heavy atom. The van der Waals surface area contributed by atoms with Gasteiger partial charge in [0.1, 0.15) is 10.1 Å². The highest BCUT2D eigenvalue weighted by atomic mass is 32.2. The van der Waals surface area contributed by atoms with E-state index in [1.807, 2.05) is 12.4 Å². The summed E-state index contributed by atoms with van der Waals surface area (Å²) < 4.78 is 0. The number of aryl methyl sites for hydroxylation is 2. The molecule has 88 valence electrons. The normalized spacial score (nSPS) is 10.5. The average molecular weight is 244 g/mol. The van der Waals surface area contributed by atoms with Gasteiger partial charge >= 0.3 is 0 Å². The zero-order valence-corrected chi connectivity index (χ0v) is 11.0. The van der Waals surface area contributed by atoms with Crippen LogP contribution in [0.1, 0.15) is 25.0 Å². The minimum Gasteiger partial charge on any atom is -0.250 e. The number of aromatic nitrogens is 2. The first kappa shape index (κ1) is 12.1. The topological polar surface area (TPSA) is 25.8 Å². The molecule has 0 aliphatic heterocycles. The Morgan fingerprint density at radius 3 is 1.76 bits per heavy atom. The van der Waals surface area contributed by atoms with E-state index in [4.69, 9.17) is 0 Å². The monoisotopic (exact) mass is 244 g/mol. The van der Waals surface area contributed by atoms with Crippen molar-refractivity contribution in [1.29, 1.82) is 0 Å². The average Bonchev–Trinajstić information content (AvgIpc) is 2.39. The Kier molecular flexibility index (Phi) is 4.15. The summed E-state index contributed by atoms with van der Waals surface area (Å²) in [5.41, 5.74) is 2.63.